The summed E-state index contributed by atoms with van der Waals surface area (Å²) in [5.41, 5.74) is 1.34. The van der Waals surface area contributed by atoms with Crippen molar-refractivity contribution in [1.29, 1.82) is 0 Å². The minimum atomic E-state index is -0.295. The van der Waals surface area contributed by atoms with Crippen molar-refractivity contribution in [1.82, 2.24) is 0 Å². The highest BCUT2D eigenvalue weighted by Gasteiger charge is 2.01. The number of ether oxygens (including phenoxy) is 1. The Kier molecular flexibility index (Phi) is 4.04. The van der Waals surface area contributed by atoms with Crippen LogP contribution in [0.3, 0.4) is 0 Å². The summed E-state index contributed by atoms with van der Waals surface area (Å²) in [6.07, 6.45) is 1.57. The van der Waals surface area contributed by atoms with Gasteiger partial charge in [-0.25, -0.2) is 0 Å². The fourth-order valence-corrected chi connectivity index (χ4v) is 1.65. The van der Waals surface area contributed by atoms with Crippen LogP contribution in [0.15, 0.2) is 60.6 Å². The van der Waals surface area contributed by atoms with E-state index < -0.39 is 0 Å². The third-order valence-electron chi connectivity index (χ3n) is 2.60. The van der Waals surface area contributed by atoms with Crippen molar-refractivity contribution in [3.8, 4) is 5.75 Å². The van der Waals surface area contributed by atoms with Crippen LogP contribution in [-0.2, 0) is 0 Å². The van der Waals surface area contributed by atoms with Crippen molar-refractivity contribution < 1.29 is 10.9 Å². The van der Waals surface area contributed by atoms with Crippen molar-refractivity contribution in [2.24, 2.45) is 0 Å². The molecule has 0 aliphatic heterocycles. The van der Waals surface area contributed by atoms with Gasteiger partial charge in [-0.2, -0.15) is 0 Å². The fraction of sp³-hybridized carbons (Fsp3) is 0.118. The number of allylic oxidation sites excluding steroid dienone is 1. The minimum Gasteiger partial charge on any atom is -0.494 e. The van der Waals surface area contributed by atoms with E-state index >= 15 is 0 Å². The van der Waals surface area contributed by atoms with Crippen LogP contribution < -0.4 is 4.74 Å². The maximum absolute atomic E-state index is 12.1. The van der Waals surface area contributed by atoms with Gasteiger partial charge in [-0.1, -0.05) is 36.4 Å². The van der Waals surface area contributed by atoms with Gasteiger partial charge in [-0.3, -0.25) is 4.79 Å². The molecule has 0 bridgehead atoms. The molecule has 0 fully saturated rings. The summed E-state index contributed by atoms with van der Waals surface area (Å²) >= 11 is 0. The molecule has 2 heteroatoms. The Balaban J connectivity index is 2.16. The second kappa shape index (κ2) is 6.55. The van der Waals surface area contributed by atoms with Crippen molar-refractivity contribution in [2.75, 3.05) is 6.61 Å². The van der Waals surface area contributed by atoms with E-state index in [1.165, 1.54) is 0 Å². The topological polar surface area (TPSA) is 26.3 Å². The van der Waals surface area contributed by atoms with Gasteiger partial charge in [0, 0.05) is 5.56 Å². The predicted octanol–water partition coefficient (Wildman–Crippen LogP) is 3.98. The summed E-state index contributed by atoms with van der Waals surface area (Å²) in [6.45, 7) is 2.49. The molecular weight excluding hydrogens is 236 g/mol. The van der Waals surface area contributed by atoms with Crippen LogP contribution in [0.5, 0.6) is 5.75 Å². The Labute approximate surface area is 114 Å². The zero-order valence-electron chi connectivity index (χ0n) is 11.8. The van der Waals surface area contributed by atoms with Gasteiger partial charge in [-0.05, 0) is 42.8 Å². The molecule has 0 heterocycles. The lowest BCUT2D eigenvalue weighted by molar-refractivity contribution is 0.104. The molecule has 0 radical (unpaired) electrons. The van der Waals surface area contributed by atoms with Gasteiger partial charge in [0.05, 0.1) is 7.98 Å². The molecule has 19 heavy (non-hydrogen) atoms. The molecule has 96 valence electrons. The Morgan fingerprint density at radius 1 is 1.16 bits per heavy atom. The van der Waals surface area contributed by atoms with E-state index in [0.29, 0.717) is 12.2 Å². The number of hydrogen-bond donors (Lipinski definition) is 0. The number of carbonyl (C=O) groups excluding carboxylic acids is 1. The lowest BCUT2D eigenvalue weighted by Gasteiger charge is -2.02. The van der Waals surface area contributed by atoms with Gasteiger partial charge in [0.15, 0.2) is 5.78 Å². The van der Waals surface area contributed by atoms with Gasteiger partial charge in [0.25, 0.3) is 0 Å². The maximum atomic E-state index is 12.1. The number of hydrogen-bond acceptors (Lipinski definition) is 2. The first-order valence-electron chi connectivity index (χ1n) is 6.71. The monoisotopic (exact) mass is 253 g/mol. The number of carbonyl (C=O) groups is 1. The van der Waals surface area contributed by atoms with E-state index in [9.17, 15) is 4.79 Å². The van der Waals surface area contributed by atoms with Crippen molar-refractivity contribution >= 4 is 11.9 Å². The zero-order valence-corrected chi connectivity index (χ0v) is 10.8. The summed E-state index contributed by atoms with van der Waals surface area (Å²) in [5, 5.41) is 0. The summed E-state index contributed by atoms with van der Waals surface area (Å²) in [7, 11) is 0. The van der Waals surface area contributed by atoms with E-state index in [2.05, 4.69) is 0 Å². The maximum Gasteiger partial charge on any atom is 0.185 e. The highest BCUT2D eigenvalue weighted by molar-refractivity contribution is 6.06. The van der Waals surface area contributed by atoms with Gasteiger partial charge in [-0.15, -0.1) is 0 Å². The lowest BCUT2D eigenvalue weighted by atomic mass is 10.1. The molecule has 2 rings (SSSR count). The highest BCUT2D eigenvalue weighted by Crippen LogP contribution is 2.13. The van der Waals surface area contributed by atoms with Gasteiger partial charge in [0.2, 0.25) is 0 Å². The van der Waals surface area contributed by atoms with Crippen LogP contribution in [0.2, 0.25) is 0 Å². The average Bonchev–Trinajstić information content (AvgIpc) is 2.48. The van der Waals surface area contributed by atoms with Gasteiger partial charge >= 0.3 is 0 Å². The molecule has 0 N–H and O–H groups in total. The van der Waals surface area contributed by atoms with Crippen molar-refractivity contribution in [3.05, 3.63) is 71.8 Å². The van der Waals surface area contributed by atoms with E-state index in [4.69, 9.17) is 6.11 Å². The van der Waals surface area contributed by atoms with Crippen LogP contribution in [0.4, 0.5) is 0 Å². The Hall–Kier alpha value is -2.35. The first kappa shape index (κ1) is 11.7. The highest BCUT2D eigenvalue weighted by atomic mass is 16.5. The SMILES string of the molecule is [2H]C(=Cc1ccccc1)C(=O)c1ccc(OCC)cc1. The summed E-state index contributed by atoms with van der Waals surface area (Å²) in [6, 6.07) is 16.2. The fourth-order valence-electron chi connectivity index (χ4n) is 1.65. The second-order valence-corrected chi connectivity index (χ2v) is 3.99. The van der Waals surface area contributed by atoms with Gasteiger partial charge < -0.3 is 4.74 Å². The minimum absolute atomic E-state index is 0.0274. The van der Waals surface area contributed by atoms with Crippen LogP contribution in [0.1, 0.15) is 24.2 Å². The number of rotatable bonds is 5. The molecular formula is C17H16O2. The number of benzene rings is 2. The molecule has 2 nitrogen and oxygen atoms in total. The first-order valence-corrected chi connectivity index (χ1v) is 6.21. The van der Waals surface area contributed by atoms with Crippen molar-refractivity contribution in [2.45, 2.75) is 6.92 Å². The quantitative estimate of drug-likeness (QED) is 0.595. The van der Waals surface area contributed by atoms with E-state index in [1.54, 1.807) is 30.3 Å². The summed E-state index contributed by atoms with van der Waals surface area (Å²) in [5.74, 6) is 0.430. The molecule has 0 saturated carbocycles. The normalized spacial score (nSPS) is 11.8. The predicted molar refractivity (Wildman–Crippen MR) is 77.4 cm³/mol. The zero-order chi connectivity index (χ0) is 14.4. The largest absolute Gasteiger partial charge is 0.494 e. The molecule has 0 saturated heterocycles. The molecule has 0 aromatic heterocycles. The Morgan fingerprint density at radius 2 is 1.84 bits per heavy atom. The third kappa shape index (κ3) is 3.81. The molecule has 0 unspecified atom stereocenters. The standard InChI is InChI=1S/C17H16O2/c1-2-19-16-11-9-15(10-12-16)17(18)13-8-14-6-4-3-5-7-14/h3-13H,2H2,1H3/i13D. The van der Waals surface area contributed by atoms with E-state index in [-0.39, 0.29) is 11.8 Å². The molecule has 0 aliphatic rings. The molecule has 0 spiro atoms. The smallest absolute Gasteiger partial charge is 0.185 e. The van der Waals surface area contributed by atoms with Crippen molar-refractivity contribution in [3.63, 3.8) is 0 Å². The Morgan fingerprint density at radius 3 is 2.47 bits per heavy atom. The number of ketones is 1. The average molecular weight is 253 g/mol. The summed E-state index contributed by atoms with van der Waals surface area (Å²) in [4.78, 5) is 12.1. The Bertz CT molecular complexity index is 601. The molecule has 0 aliphatic carbocycles. The third-order valence-corrected chi connectivity index (χ3v) is 2.60. The van der Waals surface area contributed by atoms with Crippen LogP contribution in [0.25, 0.3) is 6.08 Å². The molecule has 0 atom stereocenters. The van der Waals surface area contributed by atoms with Gasteiger partial charge in [0.1, 0.15) is 5.75 Å². The summed E-state index contributed by atoms with van der Waals surface area (Å²) < 4.78 is 13.2. The van der Waals surface area contributed by atoms with E-state index in [0.717, 1.165) is 11.3 Å². The molecule has 0 amide bonds. The lowest BCUT2D eigenvalue weighted by Crippen LogP contribution is -1.95. The van der Waals surface area contributed by atoms with Crippen LogP contribution >= 0.6 is 0 Å². The van der Waals surface area contributed by atoms with Crippen LogP contribution in [0, 0.1) is 0 Å². The van der Waals surface area contributed by atoms with E-state index in [1.807, 2.05) is 37.3 Å². The second-order valence-electron chi connectivity index (χ2n) is 3.99. The first-order chi connectivity index (χ1) is 9.70. The molecule has 2 aromatic rings. The van der Waals surface area contributed by atoms with Crippen LogP contribution in [-0.4, -0.2) is 12.4 Å². The molecule has 2 aromatic carbocycles.